The Kier molecular flexibility index (Phi) is 4.71. The van der Waals surface area contributed by atoms with Crippen LogP contribution in [0.5, 0.6) is 5.75 Å². The number of rotatable bonds is 6. The van der Waals surface area contributed by atoms with E-state index in [1.807, 2.05) is 36.6 Å². The zero-order valence-electron chi connectivity index (χ0n) is 11.0. The Hall–Kier alpha value is -1.65. The molecule has 1 aromatic carbocycles. The molecule has 0 aliphatic rings. The maximum Gasteiger partial charge on any atom is 0.192 e. The minimum absolute atomic E-state index is 0.0617. The lowest BCUT2D eigenvalue weighted by Gasteiger charge is -2.08. The van der Waals surface area contributed by atoms with Crippen LogP contribution in [-0.2, 0) is 11.3 Å². The Balaban J connectivity index is 1.96. The van der Waals surface area contributed by atoms with Crippen molar-refractivity contribution in [3.05, 3.63) is 51.7 Å². The average molecular weight is 276 g/mol. The molecule has 0 spiro atoms. The van der Waals surface area contributed by atoms with Crippen LogP contribution < -0.4 is 4.74 Å². The molecule has 0 aliphatic carbocycles. The number of hydrogen-bond acceptors (Lipinski definition) is 4. The van der Waals surface area contributed by atoms with E-state index in [-0.39, 0.29) is 12.4 Å². The summed E-state index contributed by atoms with van der Waals surface area (Å²) in [5, 5.41) is 1.99. The first-order valence-electron chi connectivity index (χ1n) is 5.98. The van der Waals surface area contributed by atoms with Gasteiger partial charge < -0.3 is 9.47 Å². The van der Waals surface area contributed by atoms with E-state index in [9.17, 15) is 4.79 Å². The first-order valence-corrected chi connectivity index (χ1v) is 6.86. The van der Waals surface area contributed by atoms with E-state index in [0.29, 0.717) is 17.9 Å². The second-order valence-electron chi connectivity index (χ2n) is 4.20. The Morgan fingerprint density at radius 3 is 2.84 bits per heavy atom. The molecule has 4 heteroatoms. The van der Waals surface area contributed by atoms with Crippen LogP contribution in [0.2, 0.25) is 0 Å². The van der Waals surface area contributed by atoms with Gasteiger partial charge in [0.25, 0.3) is 0 Å². The highest BCUT2D eigenvalue weighted by Gasteiger charge is 2.12. The average Bonchev–Trinajstić information content (AvgIpc) is 2.91. The van der Waals surface area contributed by atoms with Gasteiger partial charge in [0.05, 0.1) is 19.3 Å². The summed E-state index contributed by atoms with van der Waals surface area (Å²) in [6.45, 7) is 2.50. The zero-order chi connectivity index (χ0) is 13.7. The third-order valence-corrected chi connectivity index (χ3v) is 3.56. The van der Waals surface area contributed by atoms with Crippen LogP contribution in [0.1, 0.15) is 20.8 Å². The van der Waals surface area contributed by atoms with Gasteiger partial charge in [-0.15, -0.1) is 11.3 Å². The van der Waals surface area contributed by atoms with Gasteiger partial charge in [-0.25, -0.2) is 0 Å². The van der Waals surface area contributed by atoms with E-state index in [1.165, 1.54) is 0 Å². The minimum atomic E-state index is -0.0617. The van der Waals surface area contributed by atoms with Crippen molar-refractivity contribution in [3.63, 3.8) is 0 Å². The maximum absolute atomic E-state index is 12.1. The van der Waals surface area contributed by atoms with Gasteiger partial charge in [-0.3, -0.25) is 4.79 Å². The van der Waals surface area contributed by atoms with Crippen LogP contribution in [0, 0.1) is 6.92 Å². The van der Waals surface area contributed by atoms with Gasteiger partial charge in [0.1, 0.15) is 12.4 Å². The SMILES string of the molecule is COc1cc(C)ccc1C(=O)COCc1cccs1. The lowest BCUT2D eigenvalue weighted by Crippen LogP contribution is -2.10. The zero-order valence-corrected chi connectivity index (χ0v) is 11.8. The van der Waals surface area contributed by atoms with Crippen molar-refractivity contribution in [2.75, 3.05) is 13.7 Å². The molecular weight excluding hydrogens is 260 g/mol. The lowest BCUT2D eigenvalue weighted by molar-refractivity contribution is 0.0728. The van der Waals surface area contributed by atoms with Gasteiger partial charge in [-0.1, -0.05) is 12.1 Å². The monoisotopic (exact) mass is 276 g/mol. The topological polar surface area (TPSA) is 35.5 Å². The number of aryl methyl sites for hydroxylation is 1. The van der Waals surface area contributed by atoms with E-state index < -0.39 is 0 Å². The van der Waals surface area contributed by atoms with E-state index in [4.69, 9.17) is 9.47 Å². The summed E-state index contributed by atoms with van der Waals surface area (Å²) in [7, 11) is 1.57. The number of Topliss-reactive ketones (excluding diaryl/α,β-unsaturated/α-hetero) is 1. The molecule has 2 aromatic rings. The summed E-state index contributed by atoms with van der Waals surface area (Å²) in [5.41, 5.74) is 1.63. The number of ketones is 1. The summed E-state index contributed by atoms with van der Waals surface area (Å²) in [6.07, 6.45) is 0. The summed E-state index contributed by atoms with van der Waals surface area (Å²) in [5.74, 6) is 0.540. The minimum Gasteiger partial charge on any atom is -0.496 e. The Labute approximate surface area is 116 Å². The number of ether oxygens (including phenoxy) is 2. The van der Waals surface area contributed by atoms with E-state index in [1.54, 1.807) is 24.5 Å². The summed E-state index contributed by atoms with van der Waals surface area (Å²) in [4.78, 5) is 13.2. The first-order chi connectivity index (χ1) is 9.20. The van der Waals surface area contributed by atoms with Gasteiger partial charge in [-0.2, -0.15) is 0 Å². The molecule has 0 N–H and O–H groups in total. The van der Waals surface area contributed by atoms with Crippen molar-refractivity contribution >= 4 is 17.1 Å². The van der Waals surface area contributed by atoms with E-state index in [2.05, 4.69) is 0 Å². The smallest absolute Gasteiger partial charge is 0.192 e. The molecule has 0 radical (unpaired) electrons. The Morgan fingerprint density at radius 1 is 1.32 bits per heavy atom. The molecule has 0 fully saturated rings. The van der Waals surface area contributed by atoms with Crippen LogP contribution in [0.25, 0.3) is 0 Å². The van der Waals surface area contributed by atoms with Crippen LogP contribution in [-0.4, -0.2) is 19.5 Å². The standard InChI is InChI=1S/C15H16O3S/c1-11-5-6-13(15(8-11)17-2)14(16)10-18-9-12-4-3-7-19-12/h3-8H,9-10H2,1-2H3. The fourth-order valence-electron chi connectivity index (χ4n) is 1.75. The van der Waals surface area contributed by atoms with Crippen molar-refractivity contribution in [2.45, 2.75) is 13.5 Å². The fraction of sp³-hybridized carbons (Fsp3) is 0.267. The van der Waals surface area contributed by atoms with Gasteiger partial charge >= 0.3 is 0 Å². The molecule has 0 unspecified atom stereocenters. The molecule has 0 amide bonds. The number of carbonyl (C=O) groups excluding carboxylic acids is 1. The molecule has 0 atom stereocenters. The number of methoxy groups -OCH3 is 1. The molecule has 1 heterocycles. The molecule has 0 aliphatic heterocycles. The molecule has 100 valence electrons. The fourth-order valence-corrected chi connectivity index (χ4v) is 2.39. The van der Waals surface area contributed by atoms with Crippen molar-refractivity contribution in [1.82, 2.24) is 0 Å². The largest absolute Gasteiger partial charge is 0.496 e. The highest BCUT2D eigenvalue weighted by Crippen LogP contribution is 2.20. The van der Waals surface area contributed by atoms with Crippen LogP contribution in [0.15, 0.2) is 35.7 Å². The number of thiophene rings is 1. The van der Waals surface area contributed by atoms with Crippen molar-refractivity contribution < 1.29 is 14.3 Å². The number of hydrogen-bond donors (Lipinski definition) is 0. The molecule has 0 saturated heterocycles. The Morgan fingerprint density at radius 2 is 2.16 bits per heavy atom. The van der Waals surface area contributed by atoms with Gasteiger partial charge in [0, 0.05) is 4.88 Å². The normalized spacial score (nSPS) is 10.4. The number of carbonyl (C=O) groups is 1. The van der Waals surface area contributed by atoms with Gasteiger partial charge in [0.2, 0.25) is 0 Å². The molecule has 0 bridgehead atoms. The van der Waals surface area contributed by atoms with Crippen molar-refractivity contribution in [3.8, 4) is 5.75 Å². The van der Waals surface area contributed by atoms with Crippen molar-refractivity contribution in [2.24, 2.45) is 0 Å². The predicted octanol–water partition coefficient (Wildman–Crippen LogP) is 3.46. The van der Waals surface area contributed by atoms with Crippen LogP contribution >= 0.6 is 11.3 Å². The van der Waals surface area contributed by atoms with Gasteiger partial charge in [-0.05, 0) is 36.1 Å². The summed E-state index contributed by atoms with van der Waals surface area (Å²) < 4.78 is 10.7. The number of benzene rings is 1. The van der Waals surface area contributed by atoms with E-state index in [0.717, 1.165) is 10.4 Å². The maximum atomic E-state index is 12.1. The second-order valence-corrected chi connectivity index (χ2v) is 5.23. The molecule has 3 nitrogen and oxygen atoms in total. The quantitative estimate of drug-likeness (QED) is 0.758. The Bertz CT molecular complexity index is 547. The summed E-state index contributed by atoms with van der Waals surface area (Å²) >= 11 is 1.62. The second kappa shape index (κ2) is 6.50. The summed E-state index contributed by atoms with van der Waals surface area (Å²) in [6, 6.07) is 9.49. The predicted molar refractivity (Wildman–Crippen MR) is 76.0 cm³/mol. The molecule has 2 rings (SSSR count). The first kappa shape index (κ1) is 13.8. The molecular formula is C15H16O3S. The van der Waals surface area contributed by atoms with Crippen LogP contribution in [0.4, 0.5) is 0 Å². The van der Waals surface area contributed by atoms with Crippen molar-refractivity contribution in [1.29, 1.82) is 0 Å². The molecule has 19 heavy (non-hydrogen) atoms. The molecule has 0 saturated carbocycles. The van der Waals surface area contributed by atoms with Crippen LogP contribution in [0.3, 0.4) is 0 Å². The lowest BCUT2D eigenvalue weighted by atomic mass is 10.1. The highest BCUT2D eigenvalue weighted by atomic mass is 32.1. The van der Waals surface area contributed by atoms with Gasteiger partial charge in [0.15, 0.2) is 5.78 Å². The third-order valence-electron chi connectivity index (χ3n) is 2.72. The third kappa shape index (κ3) is 3.66. The van der Waals surface area contributed by atoms with E-state index >= 15 is 0 Å². The molecule has 1 aromatic heterocycles. The highest BCUT2D eigenvalue weighted by molar-refractivity contribution is 7.09.